The van der Waals surface area contributed by atoms with Crippen molar-refractivity contribution in [1.29, 1.82) is 0 Å². The molecule has 7 heteroatoms. The number of amides is 1. The lowest BCUT2D eigenvalue weighted by atomic mass is 9.88. The lowest BCUT2D eigenvalue weighted by molar-refractivity contribution is -0.136. The van der Waals surface area contributed by atoms with Crippen molar-refractivity contribution in [3.05, 3.63) is 59.3 Å². The Balaban J connectivity index is 1.78. The summed E-state index contributed by atoms with van der Waals surface area (Å²) in [5.74, 6) is 1.79. The highest BCUT2D eigenvalue weighted by molar-refractivity contribution is 5.77. The molecule has 0 spiro atoms. The van der Waals surface area contributed by atoms with E-state index in [-0.39, 0.29) is 30.2 Å². The van der Waals surface area contributed by atoms with Gasteiger partial charge in [0, 0.05) is 46.3 Å². The van der Waals surface area contributed by atoms with E-state index in [1.165, 1.54) is 13.2 Å². The Labute approximate surface area is 177 Å². The number of aryl methyl sites for hydroxylation is 1. The molecular weight excluding hydrogens is 387 g/mol. The van der Waals surface area contributed by atoms with Crippen molar-refractivity contribution in [3.63, 3.8) is 0 Å². The second-order valence-corrected chi connectivity index (χ2v) is 7.89. The van der Waals surface area contributed by atoms with Crippen LogP contribution in [0.3, 0.4) is 0 Å². The van der Waals surface area contributed by atoms with Gasteiger partial charge < -0.3 is 18.8 Å². The molecule has 164 valence electrons. The highest BCUT2D eigenvalue weighted by atomic mass is 19.1. The van der Waals surface area contributed by atoms with Crippen molar-refractivity contribution in [3.8, 4) is 0 Å². The van der Waals surface area contributed by atoms with Gasteiger partial charge in [0.1, 0.15) is 23.9 Å². The van der Waals surface area contributed by atoms with Gasteiger partial charge in [-0.15, -0.1) is 0 Å². The first-order valence-corrected chi connectivity index (χ1v) is 10.3. The molecule has 1 fully saturated rings. The average molecular weight is 419 g/mol. The third kappa shape index (κ3) is 5.90. The van der Waals surface area contributed by atoms with E-state index < -0.39 is 0 Å². The molecule has 2 atom stereocenters. The van der Waals surface area contributed by atoms with Crippen LogP contribution in [0, 0.1) is 18.7 Å². The molecule has 1 aromatic heterocycles. The van der Waals surface area contributed by atoms with Gasteiger partial charge in [-0.2, -0.15) is 0 Å². The number of carbonyl (C=O) groups excluding carboxylic acids is 1. The van der Waals surface area contributed by atoms with Crippen LogP contribution >= 0.6 is 0 Å². The molecule has 1 saturated heterocycles. The Morgan fingerprint density at radius 1 is 1.23 bits per heavy atom. The van der Waals surface area contributed by atoms with Gasteiger partial charge in [-0.1, -0.05) is 12.1 Å². The van der Waals surface area contributed by atoms with Gasteiger partial charge in [-0.25, -0.2) is 4.39 Å². The van der Waals surface area contributed by atoms with Gasteiger partial charge in [-0.05, 0) is 42.7 Å². The third-order valence-corrected chi connectivity index (χ3v) is 5.61. The molecule has 0 radical (unpaired) electrons. The number of likely N-dealkylation sites (tertiary alicyclic amines) is 1. The number of nitrogens with zero attached hydrogens (tertiary/aromatic N) is 2. The normalized spacial score (nSPS) is 19.3. The van der Waals surface area contributed by atoms with Crippen LogP contribution < -0.4 is 0 Å². The summed E-state index contributed by atoms with van der Waals surface area (Å²) in [6, 6.07) is 10.7. The van der Waals surface area contributed by atoms with Crippen LogP contribution in [0.1, 0.15) is 23.0 Å². The number of rotatable bonds is 10. The summed E-state index contributed by atoms with van der Waals surface area (Å²) < 4.78 is 29.9. The Morgan fingerprint density at radius 2 is 2.07 bits per heavy atom. The van der Waals surface area contributed by atoms with Crippen molar-refractivity contribution in [2.75, 3.05) is 53.6 Å². The van der Waals surface area contributed by atoms with Crippen LogP contribution in [0.15, 0.2) is 40.8 Å². The maximum atomic E-state index is 13.9. The number of halogens is 1. The fourth-order valence-corrected chi connectivity index (χ4v) is 4.20. The van der Waals surface area contributed by atoms with Gasteiger partial charge in [0.2, 0.25) is 5.91 Å². The van der Waals surface area contributed by atoms with E-state index in [1.807, 2.05) is 25.1 Å². The van der Waals surface area contributed by atoms with E-state index in [2.05, 4.69) is 4.90 Å². The maximum Gasteiger partial charge on any atom is 0.248 e. The molecule has 0 aliphatic carbocycles. The molecule has 0 saturated carbocycles. The van der Waals surface area contributed by atoms with Crippen LogP contribution in [-0.2, 0) is 20.8 Å². The fourth-order valence-electron chi connectivity index (χ4n) is 4.20. The summed E-state index contributed by atoms with van der Waals surface area (Å²) in [4.78, 5) is 16.7. The van der Waals surface area contributed by atoms with Crippen molar-refractivity contribution >= 4 is 5.91 Å². The number of benzene rings is 1. The SMILES string of the molecule is COCCN(CC1CN(Cc2ccc(C)o2)CC1c1cccc(F)c1)C(=O)COC. The Hall–Kier alpha value is -2.22. The highest BCUT2D eigenvalue weighted by Crippen LogP contribution is 2.34. The van der Waals surface area contributed by atoms with Gasteiger partial charge in [0.15, 0.2) is 0 Å². The van der Waals surface area contributed by atoms with Gasteiger partial charge in [-0.3, -0.25) is 9.69 Å². The van der Waals surface area contributed by atoms with Gasteiger partial charge >= 0.3 is 0 Å². The lowest BCUT2D eigenvalue weighted by Gasteiger charge is -2.28. The maximum absolute atomic E-state index is 13.9. The zero-order valence-electron chi connectivity index (χ0n) is 18.0. The predicted octanol–water partition coefficient (Wildman–Crippen LogP) is 3.06. The zero-order valence-corrected chi connectivity index (χ0v) is 18.0. The molecule has 0 N–H and O–H groups in total. The van der Waals surface area contributed by atoms with Crippen LogP contribution in [0.5, 0.6) is 0 Å². The molecule has 30 heavy (non-hydrogen) atoms. The second kappa shape index (κ2) is 10.7. The quantitative estimate of drug-likeness (QED) is 0.594. The Kier molecular flexibility index (Phi) is 8.01. The summed E-state index contributed by atoms with van der Waals surface area (Å²) in [6.45, 7) is 5.78. The van der Waals surface area contributed by atoms with Crippen molar-refractivity contribution in [2.24, 2.45) is 5.92 Å². The van der Waals surface area contributed by atoms with Gasteiger partial charge in [0.25, 0.3) is 0 Å². The first-order chi connectivity index (χ1) is 14.5. The van der Waals surface area contributed by atoms with Crippen LogP contribution in [0.4, 0.5) is 4.39 Å². The number of hydrogen-bond acceptors (Lipinski definition) is 5. The van der Waals surface area contributed by atoms with Gasteiger partial charge in [0.05, 0.1) is 13.2 Å². The van der Waals surface area contributed by atoms with E-state index in [1.54, 1.807) is 24.1 Å². The number of methoxy groups -OCH3 is 2. The molecule has 3 rings (SSSR count). The van der Waals surface area contributed by atoms with E-state index in [9.17, 15) is 9.18 Å². The zero-order chi connectivity index (χ0) is 21.5. The summed E-state index contributed by atoms with van der Waals surface area (Å²) in [5.41, 5.74) is 0.962. The third-order valence-electron chi connectivity index (χ3n) is 5.61. The lowest BCUT2D eigenvalue weighted by Crippen LogP contribution is -2.41. The molecule has 2 unspecified atom stereocenters. The summed E-state index contributed by atoms with van der Waals surface area (Å²) in [7, 11) is 3.14. The number of ether oxygens (including phenoxy) is 2. The molecule has 1 amide bonds. The predicted molar refractivity (Wildman–Crippen MR) is 112 cm³/mol. The van der Waals surface area contributed by atoms with E-state index >= 15 is 0 Å². The Bertz CT molecular complexity index is 825. The molecule has 6 nitrogen and oxygen atoms in total. The summed E-state index contributed by atoms with van der Waals surface area (Å²) in [5, 5.41) is 0. The molecule has 2 heterocycles. The second-order valence-electron chi connectivity index (χ2n) is 7.89. The smallest absolute Gasteiger partial charge is 0.248 e. The minimum atomic E-state index is -0.238. The standard InChI is InChI=1S/C23H31FN2O4/c1-17-7-8-21(30-17)14-25-12-19(13-26(9-10-28-2)23(27)16-29-3)22(15-25)18-5-4-6-20(24)11-18/h4-8,11,19,22H,9-10,12-16H2,1-3H3. The average Bonchev–Trinajstić information content (AvgIpc) is 3.31. The molecule has 1 aromatic carbocycles. The van der Waals surface area contributed by atoms with Crippen molar-refractivity contribution in [1.82, 2.24) is 9.80 Å². The van der Waals surface area contributed by atoms with E-state index in [0.717, 1.165) is 30.2 Å². The Morgan fingerprint density at radius 3 is 2.73 bits per heavy atom. The van der Waals surface area contributed by atoms with Crippen LogP contribution in [0.2, 0.25) is 0 Å². The first kappa shape index (κ1) is 22.5. The topological polar surface area (TPSA) is 55.2 Å². The molecule has 1 aliphatic rings. The number of carbonyl (C=O) groups is 1. The van der Waals surface area contributed by atoms with Crippen LogP contribution in [0.25, 0.3) is 0 Å². The van der Waals surface area contributed by atoms with E-state index in [0.29, 0.717) is 26.2 Å². The number of hydrogen-bond donors (Lipinski definition) is 0. The van der Waals surface area contributed by atoms with E-state index in [4.69, 9.17) is 13.9 Å². The summed E-state index contributed by atoms with van der Waals surface area (Å²) >= 11 is 0. The highest BCUT2D eigenvalue weighted by Gasteiger charge is 2.36. The van der Waals surface area contributed by atoms with Crippen LogP contribution in [-0.4, -0.2) is 69.3 Å². The largest absolute Gasteiger partial charge is 0.465 e. The van der Waals surface area contributed by atoms with Crippen molar-refractivity contribution in [2.45, 2.75) is 19.4 Å². The molecular formula is C23H31FN2O4. The monoisotopic (exact) mass is 418 g/mol. The molecule has 2 aromatic rings. The first-order valence-electron chi connectivity index (χ1n) is 10.3. The summed E-state index contributed by atoms with van der Waals surface area (Å²) in [6.07, 6.45) is 0. The fraction of sp³-hybridized carbons (Fsp3) is 0.522. The van der Waals surface area contributed by atoms with Crippen molar-refractivity contribution < 1.29 is 23.1 Å². The molecule has 1 aliphatic heterocycles. The minimum absolute atomic E-state index is 0.0381. The molecule has 0 bridgehead atoms. The minimum Gasteiger partial charge on any atom is -0.465 e. The number of furan rings is 1.